The van der Waals surface area contributed by atoms with E-state index in [-0.39, 0.29) is 0 Å². The first-order valence-electron chi connectivity index (χ1n) is 21.1. The van der Waals surface area contributed by atoms with Gasteiger partial charge >= 0.3 is 0 Å². The predicted molar refractivity (Wildman–Crippen MR) is 253 cm³/mol. The normalized spacial score (nSPS) is 12.6. The summed E-state index contributed by atoms with van der Waals surface area (Å²) >= 11 is 0. The summed E-state index contributed by atoms with van der Waals surface area (Å²) in [5, 5.41) is 2.94. The molecule has 7 aromatic carbocycles. The van der Waals surface area contributed by atoms with Crippen molar-refractivity contribution in [2.45, 2.75) is 5.41 Å². The van der Waals surface area contributed by atoms with Gasteiger partial charge in [-0.2, -0.15) is 0 Å². The number of aromatic nitrogens is 6. The number of hydrogen-bond acceptors (Lipinski definition) is 6. The van der Waals surface area contributed by atoms with E-state index in [1.807, 2.05) is 72.9 Å². The molecule has 0 saturated carbocycles. The molecule has 0 spiro atoms. The Balaban J connectivity index is 1.08. The van der Waals surface area contributed by atoms with Crippen molar-refractivity contribution in [2.24, 2.45) is 0 Å². The topological polar surface area (TPSA) is 77.3 Å². The molecule has 0 bridgehead atoms. The molecule has 294 valence electrons. The van der Waals surface area contributed by atoms with E-state index in [1.165, 1.54) is 33.4 Å². The maximum absolute atomic E-state index is 5.40. The zero-order chi connectivity index (χ0) is 41.7. The summed E-state index contributed by atoms with van der Waals surface area (Å²) in [6, 6.07) is 72.0. The van der Waals surface area contributed by atoms with Crippen molar-refractivity contribution in [3.05, 3.63) is 241 Å². The van der Waals surface area contributed by atoms with Gasteiger partial charge in [0.15, 0.2) is 11.6 Å². The molecule has 11 aromatic rings. The number of pyridine rings is 2. The molecule has 0 radical (unpaired) electrons. The quantitative estimate of drug-likeness (QED) is 0.149. The summed E-state index contributed by atoms with van der Waals surface area (Å²) in [6.07, 6.45) is 3.61. The molecule has 0 unspecified atom stereocenters. The molecule has 0 amide bonds. The molecule has 1 aliphatic rings. The van der Waals surface area contributed by atoms with Crippen LogP contribution < -0.4 is 0 Å². The van der Waals surface area contributed by atoms with Gasteiger partial charge in [-0.3, -0.25) is 9.97 Å². The van der Waals surface area contributed by atoms with Crippen LogP contribution in [0.3, 0.4) is 0 Å². The average Bonchev–Trinajstić information content (AvgIpc) is 3.67. The molecule has 1 aliphatic carbocycles. The molecule has 4 aromatic heterocycles. The fourth-order valence-corrected chi connectivity index (χ4v) is 9.44. The summed E-state index contributed by atoms with van der Waals surface area (Å²) in [4.78, 5) is 30.5. The first kappa shape index (κ1) is 36.4. The van der Waals surface area contributed by atoms with Crippen molar-refractivity contribution in [3.63, 3.8) is 0 Å². The molecule has 63 heavy (non-hydrogen) atoms. The van der Waals surface area contributed by atoms with Crippen LogP contribution in [0.5, 0.6) is 0 Å². The van der Waals surface area contributed by atoms with Crippen molar-refractivity contribution in [1.82, 2.24) is 29.9 Å². The van der Waals surface area contributed by atoms with Gasteiger partial charge in [-0.05, 0) is 87.3 Å². The molecular formula is C57H36N6. The highest BCUT2D eigenvalue weighted by Crippen LogP contribution is 2.56. The van der Waals surface area contributed by atoms with Gasteiger partial charge in [0.25, 0.3) is 0 Å². The Kier molecular flexibility index (Phi) is 8.61. The molecule has 6 nitrogen and oxygen atoms in total. The molecule has 0 atom stereocenters. The largest absolute Gasteiger partial charge is 0.255 e. The van der Waals surface area contributed by atoms with Crippen molar-refractivity contribution in [3.8, 4) is 67.9 Å². The number of fused-ring (bicyclic) bond motifs is 6. The second kappa shape index (κ2) is 14.9. The van der Waals surface area contributed by atoms with E-state index in [1.54, 1.807) is 6.20 Å². The summed E-state index contributed by atoms with van der Waals surface area (Å²) in [7, 11) is 0. The Bertz CT molecular complexity index is 3450. The second-order valence-corrected chi connectivity index (χ2v) is 15.8. The zero-order valence-corrected chi connectivity index (χ0v) is 34.0. The maximum atomic E-state index is 5.40. The van der Waals surface area contributed by atoms with Crippen LogP contribution in [0.1, 0.15) is 22.3 Å². The summed E-state index contributed by atoms with van der Waals surface area (Å²) in [5.41, 5.74) is 14.3. The van der Waals surface area contributed by atoms with E-state index in [2.05, 4.69) is 140 Å². The second-order valence-electron chi connectivity index (χ2n) is 15.8. The Morgan fingerprint density at radius 2 is 0.937 bits per heavy atom. The Morgan fingerprint density at radius 1 is 0.333 bits per heavy atom. The Morgan fingerprint density at radius 3 is 1.67 bits per heavy atom. The first-order valence-corrected chi connectivity index (χ1v) is 21.1. The first-order chi connectivity index (χ1) is 31.2. The minimum atomic E-state index is -0.544. The standard InChI is InChI=1S/C57H36N6/c1-4-16-38(17-5-1)55-62-53-45(54(63-55)50-25-13-15-33-59-50)31-28-37-26-27-40(34-46(37)53)56-60-51(36-52(61-56)49-24-12-14-32-58-49)39-29-30-44-43-22-10-11-23-47(43)57(48(44)35-39,41-18-6-2-7-19-41)42-20-8-3-9-21-42/h1-36H. The van der Waals surface area contributed by atoms with Crippen LogP contribution in [0.2, 0.25) is 0 Å². The zero-order valence-electron chi connectivity index (χ0n) is 34.0. The molecule has 4 heterocycles. The van der Waals surface area contributed by atoms with E-state index < -0.39 is 5.41 Å². The third-order valence-corrected chi connectivity index (χ3v) is 12.3. The van der Waals surface area contributed by atoms with E-state index in [0.717, 1.165) is 66.8 Å². The SMILES string of the molecule is c1ccc(-c2nc(-c3ccccn3)c3ccc4ccc(-c5nc(-c6ccc7c(c6)C(c6ccccc6)(c6ccccc6)c6ccccc6-7)cc(-c6ccccn6)n5)cc4c3n2)cc1. The fourth-order valence-electron chi connectivity index (χ4n) is 9.44. The summed E-state index contributed by atoms with van der Waals surface area (Å²) in [5.74, 6) is 1.23. The van der Waals surface area contributed by atoms with Crippen LogP contribution in [-0.4, -0.2) is 29.9 Å². The van der Waals surface area contributed by atoms with Crippen LogP contribution in [0.15, 0.2) is 219 Å². The lowest BCUT2D eigenvalue weighted by atomic mass is 9.67. The van der Waals surface area contributed by atoms with Gasteiger partial charge in [-0.1, -0.05) is 158 Å². The summed E-state index contributed by atoms with van der Waals surface area (Å²) < 4.78 is 0. The van der Waals surface area contributed by atoms with E-state index in [9.17, 15) is 0 Å². The lowest BCUT2D eigenvalue weighted by molar-refractivity contribution is 0.768. The van der Waals surface area contributed by atoms with Gasteiger partial charge in [0.1, 0.15) is 5.69 Å². The maximum Gasteiger partial charge on any atom is 0.160 e. The van der Waals surface area contributed by atoms with Crippen LogP contribution in [0, 0.1) is 0 Å². The fraction of sp³-hybridized carbons (Fsp3) is 0.0175. The monoisotopic (exact) mass is 804 g/mol. The van der Waals surface area contributed by atoms with Crippen molar-refractivity contribution < 1.29 is 0 Å². The van der Waals surface area contributed by atoms with Crippen molar-refractivity contribution in [2.75, 3.05) is 0 Å². The van der Waals surface area contributed by atoms with Gasteiger partial charge in [0, 0.05) is 39.9 Å². The number of hydrogen-bond donors (Lipinski definition) is 0. The summed E-state index contributed by atoms with van der Waals surface area (Å²) in [6.45, 7) is 0. The predicted octanol–water partition coefficient (Wildman–Crippen LogP) is 13.1. The highest BCUT2D eigenvalue weighted by molar-refractivity contribution is 6.10. The highest BCUT2D eigenvalue weighted by atomic mass is 14.9. The molecule has 0 saturated heterocycles. The lowest BCUT2D eigenvalue weighted by Gasteiger charge is -2.34. The highest BCUT2D eigenvalue weighted by Gasteiger charge is 2.46. The van der Waals surface area contributed by atoms with Crippen LogP contribution in [-0.2, 0) is 5.41 Å². The number of rotatable bonds is 7. The average molecular weight is 805 g/mol. The number of nitrogens with zero attached hydrogens (tertiary/aromatic N) is 6. The van der Waals surface area contributed by atoms with Crippen molar-refractivity contribution >= 4 is 21.7 Å². The van der Waals surface area contributed by atoms with Gasteiger partial charge in [0.05, 0.1) is 33.7 Å². The smallest absolute Gasteiger partial charge is 0.160 e. The van der Waals surface area contributed by atoms with Crippen LogP contribution in [0.4, 0.5) is 0 Å². The lowest BCUT2D eigenvalue weighted by Crippen LogP contribution is -2.28. The van der Waals surface area contributed by atoms with Crippen LogP contribution >= 0.6 is 0 Å². The van der Waals surface area contributed by atoms with Gasteiger partial charge < -0.3 is 0 Å². The van der Waals surface area contributed by atoms with E-state index >= 15 is 0 Å². The third-order valence-electron chi connectivity index (χ3n) is 12.3. The minimum absolute atomic E-state index is 0.544. The Labute approximate surface area is 364 Å². The van der Waals surface area contributed by atoms with Gasteiger partial charge in [0.2, 0.25) is 0 Å². The van der Waals surface area contributed by atoms with Crippen LogP contribution in [0.25, 0.3) is 89.6 Å². The number of benzene rings is 7. The van der Waals surface area contributed by atoms with E-state index in [0.29, 0.717) is 11.6 Å². The molecule has 12 rings (SSSR count). The van der Waals surface area contributed by atoms with E-state index in [4.69, 9.17) is 29.9 Å². The molecular weight excluding hydrogens is 769 g/mol. The Hall–Kier alpha value is -8.48. The van der Waals surface area contributed by atoms with Gasteiger partial charge in [-0.15, -0.1) is 0 Å². The van der Waals surface area contributed by atoms with Gasteiger partial charge in [-0.25, -0.2) is 19.9 Å². The van der Waals surface area contributed by atoms with Crippen molar-refractivity contribution in [1.29, 1.82) is 0 Å². The molecule has 0 fully saturated rings. The molecule has 0 N–H and O–H groups in total. The molecule has 6 heteroatoms. The minimum Gasteiger partial charge on any atom is -0.255 e. The third kappa shape index (κ3) is 6.03. The molecule has 0 aliphatic heterocycles.